The number of aryl methyl sites for hydroxylation is 1. The first-order valence-corrected chi connectivity index (χ1v) is 4.26. The summed E-state index contributed by atoms with van der Waals surface area (Å²) in [6, 6.07) is 5.77. The number of allylic oxidation sites excluding steroid dienone is 1. The largest absolute Gasteiger partial charge is 0.412 e. The Morgan fingerprint density at radius 1 is 1.43 bits per heavy atom. The Morgan fingerprint density at radius 3 is 2.86 bits per heavy atom. The Bertz CT molecular complexity index is 396. The highest BCUT2D eigenvalue weighted by molar-refractivity contribution is 5.98. The minimum absolute atomic E-state index is 0. The standard InChI is InChI=1S/C11H11NO.H2O/c1-7-4-3-5-9-10(7)6-8(2)12-11(9)13;/h3-5H,2,6H2,1H3,(H,12,13);1H2. The molecule has 1 aliphatic heterocycles. The molecule has 3 nitrogen and oxygen atoms in total. The summed E-state index contributed by atoms with van der Waals surface area (Å²) in [7, 11) is 0. The van der Waals surface area contributed by atoms with Crippen molar-refractivity contribution in [2.75, 3.05) is 0 Å². The predicted molar refractivity (Wildman–Crippen MR) is 55.1 cm³/mol. The van der Waals surface area contributed by atoms with Gasteiger partial charge in [-0.3, -0.25) is 4.79 Å². The summed E-state index contributed by atoms with van der Waals surface area (Å²) >= 11 is 0. The Morgan fingerprint density at radius 2 is 2.14 bits per heavy atom. The molecule has 0 fully saturated rings. The van der Waals surface area contributed by atoms with Crippen LogP contribution in [-0.4, -0.2) is 11.4 Å². The van der Waals surface area contributed by atoms with Crippen LogP contribution < -0.4 is 5.32 Å². The fourth-order valence-corrected chi connectivity index (χ4v) is 1.64. The minimum Gasteiger partial charge on any atom is -0.412 e. The van der Waals surface area contributed by atoms with E-state index < -0.39 is 0 Å². The van der Waals surface area contributed by atoms with E-state index in [1.165, 1.54) is 0 Å². The number of rotatable bonds is 0. The van der Waals surface area contributed by atoms with E-state index in [9.17, 15) is 4.79 Å². The fraction of sp³-hybridized carbons (Fsp3) is 0.182. The van der Waals surface area contributed by atoms with Crippen LogP contribution in [0.2, 0.25) is 0 Å². The van der Waals surface area contributed by atoms with Crippen LogP contribution in [0.25, 0.3) is 0 Å². The normalized spacial score (nSPS) is 14.1. The average Bonchev–Trinajstić information content (AvgIpc) is 2.07. The maximum atomic E-state index is 11.5. The third kappa shape index (κ3) is 1.54. The third-order valence-corrected chi connectivity index (χ3v) is 2.34. The number of amides is 1. The minimum atomic E-state index is -0.0325. The summed E-state index contributed by atoms with van der Waals surface area (Å²) in [5, 5.41) is 2.73. The fourth-order valence-electron chi connectivity index (χ4n) is 1.64. The van der Waals surface area contributed by atoms with E-state index in [1.807, 2.05) is 25.1 Å². The second-order valence-electron chi connectivity index (χ2n) is 3.34. The molecular formula is C11H13NO2. The van der Waals surface area contributed by atoms with Crippen LogP contribution in [0.1, 0.15) is 21.5 Å². The molecule has 0 unspecified atom stereocenters. The zero-order valence-corrected chi connectivity index (χ0v) is 8.05. The highest BCUT2D eigenvalue weighted by Crippen LogP contribution is 2.20. The summed E-state index contributed by atoms with van der Waals surface area (Å²) in [6.45, 7) is 5.79. The van der Waals surface area contributed by atoms with Crippen molar-refractivity contribution >= 4 is 5.91 Å². The van der Waals surface area contributed by atoms with Crippen LogP contribution in [0.4, 0.5) is 0 Å². The molecule has 0 aromatic heterocycles. The Balaban J connectivity index is 0.000000980. The van der Waals surface area contributed by atoms with Gasteiger partial charge in [-0.1, -0.05) is 18.7 Å². The van der Waals surface area contributed by atoms with Gasteiger partial charge in [-0.15, -0.1) is 0 Å². The van der Waals surface area contributed by atoms with Gasteiger partial charge in [-0.25, -0.2) is 0 Å². The van der Waals surface area contributed by atoms with Gasteiger partial charge >= 0.3 is 0 Å². The monoisotopic (exact) mass is 191 g/mol. The maximum Gasteiger partial charge on any atom is 0.255 e. The first-order chi connectivity index (χ1) is 6.18. The van der Waals surface area contributed by atoms with Gasteiger partial charge < -0.3 is 10.8 Å². The van der Waals surface area contributed by atoms with Crippen molar-refractivity contribution in [2.24, 2.45) is 0 Å². The topological polar surface area (TPSA) is 60.6 Å². The second kappa shape index (κ2) is 3.64. The summed E-state index contributed by atoms with van der Waals surface area (Å²) in [4.78, 5) is 11.5. The van der Waals surface area contributed by atoms with Gasteiger partial charge in [0.2, 0.25) is 0 Å². The van der Waals surface area contributed by atoms with Crippen molar-refractivity contribution in [3.8, 4) is 0 Å². The quantitative estimate of drug-likeness (QED) is 0.652. The van der Waals surface area contributed by atoms with E-state index in [0.717, 1.165) is 28.8 Å². The van der Waals surface area contributed by atoms with E-state index >= 15 is 0 Å². The molecule has 14 heavy (non-hydrogen) atoms. The maximum absolute atomic E-state index is 11.5. The molecule has 3 N–H and O–H groups in total. The SMILES string of the molecule is C=C1Cc2c(C)cccc2C(=O)N1.O. The van der Waals surface area contributed by atoms with Crippen LogP contribution in [0, 0.1) is 6.92 Å². The van der Waals surface area contributed by atoms with E-state index in [0.29, 0.717) is 0 Å². The second-order valence-corrected chi connectivity index (χ2v) is 3.34. The first-order valence-electron chi connectivity index (χ1n) is 4.26. The zero-order chi connectivity index (χ0) is 9.42. The van der Waals surface area contributed by atoms with Gasteiger partial charge in [-0.2, -0.15) is 0 Å². The molecule has 1 aliphatic rings. The van der Waals surface area contributed by atoms with Gasteiger partial charge in [0.25, 0.3) is 5.91 Å². The van der Waals surface area contributed by atoms with Crippen LogP contribution in [-0.2, 0) is 6.42 Å². The number of benzene rings is 1. The van der Waals surface area contributed by atoms with Gasteiger partial charge in [0.05, 0.1) is 0 Å². The molecule has 3 heteroatoms. The highest BCUT2D eigenvalue weighted by Gasteiger charge is 2.19. The number of carbonyl (C=O) groups excluding carboxylic acids is 1. The Hall–Kier alpha value is -1.61. The average molecular weight is 191 g/mol. The van der Waals surface area contributed by atoms with E-state index in [1.54, 1.807) is 0 Å². The number of carbonyl (C=O) groups is 1. The number of nitrogens with one attached hydrogen (secondary N) is 1. The van der Waals surface area contributed by atoms with Gasteiger partial charge in [0.15, 0.2) is 0 Å². The zero-order valence-electron chi connectivity index (χ0n) is 8.05. The summed E-state index contributed by atoms with van der Waals surface area (Å²) in [5.41, 5.74) is 3.84. The van der Waals surface area contributed by atoms with Crippen LogP contribution in [0.15, 0.2) is 30.5 Å². The van der Waals surface area contributed by atoms with E-state index in [4.69, 9.17) is 0 Å². The molecule has 0 bridgehead atoms. The van der Waals surface area contributed by atoms with Crippen molar-refractivity contribution in [2.45, 2.75) is 13.3 Å². The van der Waals surface area contributed by atoms with Gasteiger partial charge in [0.1, 0.15) is 0 Å². The smallest absolute Gasteiger partial charge is 0.255 e. The van der Waals surface area contributed by atoms with E-state index in [2.05, 4.69) is 11.9 Å². The van der Waals surface area contributed by atoms with Crippen molar-refractivity contribution in [1.29, 1.82) is 0 Å². The lowest BCUT2D eigenvalue weighted by atomic mass is 9.94. The highest BCUT2D eigenvalue weighted by atomic mass is 16.1. The molecule has 74 valence electrons. The molecule has 0 aliphatic carbocycles. The molecule has 0 saturated heterocycles. The van der Waals surface area contributed by atoms with Crippen LogP contribution in [0.5, 0.6) is 0 Å². The molecule has 0 atom stereocenters. The summed E-state index contributed by atoms with van der Waals surface area (Å²) < 4.78 is 0. The third-order valence-electron chi connectivity index (χ3n) is 2.34. The summed E-state index contributed by atoms with van der Waals surface area (Å²) in [6.07, 6.45) is 0.758. The molecule has 0 saturated carbocycles. The summed E-state index contributed by atoms with van der Waals surface area (Å²) in [5.74, 6) is -0.0325. The molecule has 1 amide bonds. The number of fused-ring (bicyclic) bond motifs is 1. The lowest BCUT2D eigenvalue weighted by molar-refractivity contribution is 0.0959. The first kappa shape index (κ1) is 10.5. The van der Waals surface area contributed by atoms with Crippen molar-refractivity contribution in [3.05, 3.63) is 47.2 Å². The molecule has 0 spiro atoms. The molecular weight excluding hydrogens is 178 g/mol. The molecule has 1 aromatic rings. The van der Waals surface area contributed by atoms with Crippen molar-refractivity contribution in [3.63, 3.8) is 0 Å². The number of hydrogen-bond acceptors (Lipinski definition) is 1. The van der Waals surface area contributed by atoms with Crippen molar-refractivity contribution < 1.29 is 10.3 Å². The number of hydrogen-bond donors (Lipinski definition) is 1. The lowest BCUT2D eigenvalue weighted by Gasteiger charge is -2.19. The molecule has 1 aromatic carbocycles. The molecule has 0 radical (unpaired) electrons. The van der Waals surface area contributed by atoms with E-state index in [-0.39, 0.29) is 11.4 Å². The Kier molecular flexibility index (Phi) is 2.72. The Labute approximate surface area is 82.8 Å². The molecule has 2 rings (SSSR count). The van der Waals surface area contributed by atoms with Crippen LogP contribution >= 0.6 is 0 Å². The van der Waals surface area contributed by atoms with Crippen molar-refractivity contribution in [1.82, 2.24) is 5.32 Å². The lowest BCUT2D eigenvalue weighted by Crippen LogP contribution is -2.29. The van der Waals surface area contributed by atoms with Crippen LogP contribution in [0.3, 0.4) is 0 Å². The predicted octanol–water partition coefficient (Wildman–Crippen LogP) is 0.970. The molecule has 1 heterocycles. The van der Waals surface area contributed by atoms with Gasteiger partial charge in [0, 0.05) is 17.7 Å². The van der Waals surface area contributed by atoms with Gasteiger partial charge in [-0.05, 0) is 24.1 Å².